The lowest BCUT2D eigenvalue weighted by Crippen LogP contribution is -2.05. The van der Waals surface area contributed by atoms with Crippen molar-refractivity contribution in [2.75, 3.05) is 6.26 Å². The Balaban J connectivity index is 2.73. The smallest absolute Gasteiger partial charge is 0.352 e. The van der Waals surface area contributed by atoms with E-state index in [0.717, 1.165) is 0 Å². The SMILES string of the molecule is CS(=O)OC(=O)c1ccccc1. The summed E-state index contributed by atoms with van der Waals surface area (Å²) in [6, 6.07) is 8.44. The average molecular weight is 184 g/mol. The zero-order chi connectivity index (χ0) is 8.97. The van der Waals surface area contributed by atoms with Crippen LogP contribution in [-0.2, 0) is 15.3 Å². The van der Waals surface area contributed by atoms with Crippen molar-refractivity contribution in [1.82, 2.24) is 0 Å². The molecule has 1 unspecified atom stereocenters. The summed E-state index contributed by atoms with van der Waals surface area (Å²) in [6.45, 7) is 0. The molecule has 12 heavy (non-hydrogen) atoms. The van der Waals surface area contributed by atoms with E-state index < -0.39 is 17.0 Å². The normalized spacial score (nSPS) is 12.1. The highest BCUT2D eigenvalue weighted by atomic mass is 32.2. The molecule has 0 aliphatic carbocycles. The van der Waals surface area contributed by atoms with Gasteiger partial charge in [0.2, 0.25) is 11.1 Å². The Kier molecular flexibility index (Phi) is 2.99. The lowest BCUT2D eigenvalue weighted by Gasteiger charge is -1.98. The summed E-state index contributed by atoms with van der Waals surface area (Å²) in [5.74, 6) is -0.559. The minimum absolute atomic E-state index is 0.410. The summed E-state index contributed by atoms with van der Waals surface area (Å²) in [5, 5.41) is 0. The first-order valence-electron chi connectivity index (χ1n) is 3.31. The van der Waals surface area contributed by atoms with Crippen LogP contribution in [0.15, 0.2) is 30.3 Å². The summed E-state index contributed by atoms with van der Waals surface area (Å²) in [4.78, 5) is 11.0. The van der Waals surface area contributed by atoms with Gasteiger partial charge in [-0.05, 0) is 12.1 Å². The molecule has 0 spiro atoms. The first kappa shape index (κ1) is 8.93. The van der Waals surface area contributed by atoms with Crippen molar-refractivity contribution in [2.45, 2.75) is 0 Å². The number of carbonyl (C=O) groups excluding carboxylic acids is 1. The summed E-state index contributed by atoms with van der Waals surface area (Å²) in [7, 11) is 0. The van der Waals surface area contributed by atoms with Gasteiger partial charge in [0, 0.05) is 6.26 Å². The molecule has 3 nitrogen and oxygen atoms in total. The second-order valence-electron chi connectivity index (χ2n) is 2.14. The Morgan fingerprint density at radius 1 is 1.33 bits per heavy atom. The molecule has 1 atom stereocenters. The maximum Gasteiger partial charge on any atom is 0.352 e. The van der Waals surface area contributed by atoms with E-state index >= 15 is 0 Å². The molecule has 0 N–H and O–H groups in total. The quantitative estimate of drug-likeness (QED) is 0.692. The van der Waals surface area contributed by atoms with Crippen molar-refractivity contribution in [3.8, 4) is 0 Å². The molecule has 1 rings (SSSR count). The number of carbonyl (C=O) groups is 1. The molecule has 0 bridgehead atoms. The predicted octanol–water partition coefficient (Wildman–Crippen LogP) is 1.14. The van der Waals surface area contributed by atoms with Crippen molar-refractivity contribution < 1.29 is 13.2 Å². The van der Waals surface area contributed by atoms with Gasteiger partial charge in [0.1, 0.15) is 0 Å². The molecule has 0 saturated heterocycles. The highest BCUT2D eigenvalue weighted by Crippen LogP contribution is 2.01. The average Bonchev–Trinajstić information content (AvgIpc) is 2.05. The topological polar surface area (TPSA) is 43.4 Å². The number of hydrogen-bond acceptors (Lipinski definition) is 3. The van der Waals surface area contributed by atoms with E-state index in [-0.39, 0.29) is 0 Å². The molecule has 0 amide bonds. The van der Waals surface area contributed by atoms with Crippen molar-refractivity contribution >= 4 is 17.0 Å². The molecule has 0 fully saturated rings. The highest BCUT2D eigenvalue weighted by molar-refractivity contribution is 7.79. The third kappa shape index (κ3) is 2.47. The molecule has 0 radical (unpaired) electrons. The molecule has 0 aliphatic rings. The van der Waals surface area contributed by atoms with Crippen molar-refractivity contribution in [3.63, 3.8) is 0 Å². The Morgan fingerprint density at radius 2 is 1.92 bits per heavy atom. The van der Waals surface area contributed by atoms with Crippen LogP contribution in [0, 0.1) is 0 Å². The Labute approximate surface area is 73.0 Å². The monoisotopic (exact) mass is 184 g/mol. The molecule has 1 aromatic carbocycles. The van der Waals surface area contributed by atoms with E-state index in [0.29, 0.717) is 5.56 Å². The van der Waals surface area contributed by atoms with Crippen molar-refractivity contribution in [3.05, 3.63) is 35.9 Å². The fourth-order valence-electron chi connectivity index (χ4n) is 0.729. The molecular weight excluding hydrogens is 176 g/mol. The first-order chi connectivity index (χ1) is 5.70. The molecule has 4 heteroatoms. The van der Waals surface area contributed by atoms with Crippen LogP contribution in [0.1, 0.15) is 10.4 Å². The maximum atomic E-state index is 11.0. The summed E-state index contributed by atoms with van der Waals surface area (Å²) < 4.78 is 15.0. The molecule has 0 aliphatic heterocycles. The zero-order valence-corrected chi connectivity index (χ0v) is 7.34. The molecule has 64 valence electrons. The van der Waals surface area contributed by atoms with E-state index in [1.807, 2.05) is 0 Å². The van der Waals surface area contributed by atoms with Crippen molar-refractivity contribution in [2.24, 2.45) is 0 Å². The van der Waals surface area contributed by atoms with Crippen LogP contribution >= 0.6 is 0 Å². The summed E-state index contributed by atoms with van der Waals surface area (Å²) in [5.41, 5.74) is 0.410. The van der Waals surface area contributed by atoms with Gasteiger partial charge < -0.3 is 4.18 Å². The van der Waals surface area contributed by atoms with Gasteiger partial charge in [-0.2, -0.15) is 0 Å². The molecule has 1 aromatic rings. The fraction of sp³-hybridized carbons (Fsp3) is 0.125. The van der Waals surface area contributed by atoms with Gasteiger partial charge in [-0.25, -0.2) is 9.00 Å². The third-order valence-corrected chi connectivity index (χ3v) is 1.59. The van der Waals surface area contributed by atoms with Gasteiger partial charge in [0.15, 0.2) is 0 Å². The first-order valence-corrected chi connectivity index (χ1v) is 4.79. The maximum absolute atomic E-state index is 11.0. The third-order valence-electron chi connectivity index (χ3n) is 1.20. The van der Waals surface area contributed by atoms with Gasteiger partial charge in [0.25, 0.3) is 0 Å². The van der Waals surface area contributed by atoms with Crippen LogP contribution in [0.2, 0.25) is 0 Å². The van der Waals surface area contributed by atoms with Crippen LogP contribution in [0.25, 0.3) is 0 Å². The lowest BCUT2D eigenvalue weighted by molar-refractivity contribution is 0.0759. The largest absolute Gasteiger partial charge is 0.360 e. The van der Waals surface area contributed by atoms with E-state index in [4.69, 9.17) is 0 Å². The highest BCUT2D eigenvalue weighted by Gasteiger charge is 2.06. The van der Waals surface area contributed by atoms with Gasteiger partial charge in [-0.3, -0.25) is 0 Å². The fourth-order valence-corrected chi connectivity index (χ4v) is 1.04. The molecule has 0 aromatic heterocycles. The van der Waals surface area contributed by atoms with Gasteiger partial charge in [-0.1, -0.05) is 18.2 Å². The second-order valence-corrected chi connectivity index (χ2v) is 3.11. The van der Waals surface area contributed by atoms with Gasteiger partial charge >= 0.3 is 5.97 Å². The number of hydrogen-bond donors (Lipinski definition) is 0. The van der Waals surface area contributed by atoms with E-state index in [1.54, 1.807) is 30.3 Å². The second kappa shape index (κ2) is 4.01. The van der Waals surface area contributed by atoms with Crippen LogP contribution < -0.4 is 0 Å². The van der Waals surface area contributed by atoms with Crippen LogP contribution in [0.3, 0.4) is 0 Å². The van der Waals surface area contributed by atoms with Gasteiger partial charge in [0.05, 0.1) is 5.56 Å². The summed E-state index contributed by atoms with van der Waals surface area (Å²) in [6.07, 6.45) is 1.31. The minimum Gasteiger partial charge on any atom is -0.360 e. The Hall–Kier alpha value is -1.16. The summed E-state index contributed by atoms with van der Waals surface area (Å²) >= 11 is -1.55. The van der Waals surface area contributed by atoms with Crippen molar-refractivity contribution in [1.29, 1.82) is 0 Å². The number of benzene rings is 1. The zero-order valence-electron chi connectivity index (χ0n) is 6.52. The van der Waals surface area contributed by atoms with Crippen LogP contribution in [0.5, 0.6) is 0 Å². The standard InChI is InChI=1S/C8H8O3S/c1-12(10)11-8(9)7-5-3-2-4-6-7/h2-6H,1H3. The predicted molar refractivity (Wildman–Crippen MR) is 45.9 cm³/mol. The number of rotatable bonds is 2. The molecule has 0 heterocycles. The van der Waals surface area contributed by atoms with Gasteiger partial charge in [-0.15, -0.1) is 0 Å². The van der Waals surface area contributed by atoms with Crippen LogP contribution in [-0.4, -0.2) is 16.4 Å². The molecular formula is C8H8O3S. The van der Waals surface area contributed by atoms with Crippen LogP contribution in [0.4, 0.5) is 0 Å². The van der Waals surface area contributed by atoms with E-state index in [1.165, 1.54) is 6.26 Å². The van der Waals surface area contributed by atoms with E-state index in [2.05, 4.69) is 4.18 Å². The Morgan fingerprint density at radius 3 is 2.42 bits per heavy atom. The lowest BCUT2D eigenvalue weighted by atomic mass is 10.2. The minimum atomic E-state index is -1.55. The van der Waals surface area contributed by atoms with E-state index in [9.17, 15) is 9.00 Å². The Bertz CT molecular complexity index is 294. The molecule has 0 saturated carbocycles.